The topological polar surface area (TPSA) is 129 Å². The van der Waals surface area contributed by atoms with Crippen molar-refractivity contribution in [2.75, 3.05) is 20.8 Å². The summed E-state index contributed by atoms with van der Waals surface area (Å²) in [6.45, 7) is 1.95. The van der Waals surface area contributed by atoms with Gasteiger partial charge in [-0.1, -0.05) is 30.3 Å². The van der Waals surface area contributed by atoms with Crippen molar-refractivity contribution >= 4 is 23.4 Å². The van der Waals surface area contributed by atoms with Gasteiger partial charge in [-0.05, 0) is 24.1 Å². The van der Waals surface area contributed by atoms with E-state index in [0.29, 0.717) is 5.56 Å². The van der Waals surface area contributed by atoms with Gasteiger partial charge in [0, 0.05) is 6.07 Å². The number of nitrogens with one attached hydrogen (secondary N) is 2. The summed E-state index contributed by atoms with van der Waals surface area (Å²) in [6, 6.07) is 9.89. The summed E-state index contributed by atoms with van der Waals surface area (Å²) in [5.41, 5.74) is 0.824. The number of nitro benzene ring substituents is 1. The van der Waals surface area contributed by atoms with Gasteiger partial charge in [0.25, 0.3) is 0 Å². The van der Waals surface area contributed by atoms with Gasteiger partial charge in [0.2, 0.25) is 5.75 Å². The quantitative estimate of drug-likeness (QED) is 0.395. The lowest BCUT2D eigenvalue weighted by Gasteiger charge is -2.29. The lowest BCUT2D eigenvalue weighted by Crippen LogP contribution is -2.45. The molecule has 0 saturated carbocycles. The van der Waals surface area contributed by atoms with Gasteiger partial charge in [0.1, 0.15) is 0 Å². The van der Waals surface area contributed by atoms with Crippen molar-refractivity contribution in [1.82, 2.24) is 10.6 Å². The third-order valence-electron chi connectivity index (χ3n) is 4.63. The highest BCUT2D eigenvalue weighted by Crippen LogP contribution is 2.42. The van der Waals surface area contributed by atoms with Crippen LogP contribution in [0.15, 0.2) is 48.0 Å². The highest BCUT2D eigenvalue weighted by molar-refractivity contribution is 6.04. The Morgan fingerprint density at radius 1 is 1.19 bits per heavy atom. The SMILES string of the molecule is CCOc1cc(C2NC(=O)NC(c3ccccc3)=C2C(=O)OC)cc([N+](=O)[O-])c1OC. The number of nitrogens with zero attached hydrogens (tertiary/aromatic N) is 1. The van der Waals surface area contributed by atoms with Crippen LogP contribution in [0.1, 0.15) is 24.1 Å². The third kappa shape index (κ3) is 4.27. The van der Waals surface area contributed by atoms with Crippen LogP contribution in [0, 0.1) is 10.1 Å². The second-order valence-corrected chi connectivity index (χ2v) is 6.44. The first-order valence-electron chi connectivity index (χ1n) is 9.35. The van der Waals surface area contributed by atoms with Crippen LogP contribution >= 0.6 is 0 Å². The summed E-state index contributed by atoms with van der Waals surface area (Å²) in [4.78, 5) is 36.2. The summed E-state index contributed by atoms with van der Waals surface area (Å²) < 4.78 is 15.6. The van der Waals surface area contributed by atoms with E-state index in [4.69, 9.17) is 14.2 Å². The fourth-order valence-corrected chi connectivity index (χ4v) is 3.36. The lowest BCUT2D eigenvalue weighted by atomic mass is 9.92. The van der Waals surface area contributed by atoms with E-state index >= 15 is 0 Å². The van der Waals surface area contributed by atoms with Crippen molar-refractivity contribution in [1.29, 1.82) is 0 Å². The molecule has 10 heteroatoms. The van der Waals surface area contributed by atoms with Crippen LogP contribution in [0.3, 0.4) is 0 Å². The number of hydrogen-bond donors (Lipinski definition) is 2. The smallest absolute Gasteiger partial charge is 0.338 e. The van der Waals surface area contributed by atoms with Gasteiger partial charge in [-0.15, -0.1) is 0 Å². The van der Waals surface area contributed by atoms with E-state index in [9.17, 15) is 19.7 Å². The molecule has 1 heterocycles. The molecular weight excluding hydrogens is 406 g/mol. The molecule has 0 saturated heterocycles. The maximum atomic E-state index is 12.7. The van der Waals surface area contributed by atoms with E-state index in [1.54, 1.807) is 37.3 Å². The maximum absolute atomic E-state index is 12.7. The number of benzene rings is 2. The lowest BCUT2D eigenvalue weighted by molar-refractivity contribution is -0.385. The summed E-state index contributed by atoms with van der Waals surface area (Å²) in [5, 5.41) is 16.9. The molecule has 0 bridgehead atoms. The molecule has 2 N–H and O–H groups in total. The fraction of sp³-hybridized carbons (Fsp3) is 0.238. The van der Waals surface area contributed by atoms with E-state index in [-0.39, 0.29) is 40.6 Å². The zero-order valence-electron chi connectivity index (χ0n) is 17.1. The fourth-order valence-electron chi connectivity index (χ4n) is 3.36. The number of esters is 1. The molecule has 2 aromatic rings. The molecule has 2 aromatic carbocycles. The summed E-state index contributed by atoms with van der Waals surface area (Å²) in [7, 11) is 2.51. The number of methoxy groups -OCH3 is 2. The highest BCUT2D eigenvalue weighted by atomic mass is 16.6. The predicted octanol–water partition coefficient (Wildman–Crippen LogP) is 2.94. The Balaban J connectivity index is 2.27. The Hall–Kier alpha value is -4.08. The average Bonchev–Trinajstić information content (AvgIpc) is 2.78. The van der Waals surface area contributed by atoms with Gasteiger partial charge < -0.3 is 24.8 Å². The number of nitro groups is 1. The molecule has 10 nitrogen and oxygen atoms in total. The Morgan fingerprint density at radius 3 is 2.48 bits per heavy atom. The van der Waals surface area contributed by atoms with Crippen LogP contribution < -0.4 is 20.1 Å². The van der Waals surface area contributed by atoms with Crippen LogP contribution in [-0.4, -0.2) is 37.8 Å². The molecule has 0 spiro atoms. The Kier molecular flexibility index (Phi) is 6.39. The monoisotopic (exact) mass is 427 g/mol. The number of carbonyl (C=O) groups excluding carboxylic acids is 2. The molecule has 0 fully saturated rings. The van der Waals surface area contributed by atoms with Crippen LogP contribution in [0.4, 0.5) is 10.5 Å². The first-order valence-corrected chi connectivity index (χ1v) is 9.35. The Bertz CT molecular complexity index is 1050. The highest BCUT2D eigenvalue weighted by Gasteiger charge is 2.36. The normalized spacial score (nSPS) is 15.6. The molecule has 1 atom stereocenters. The molecule has 0 aromatic heterocycles. The Morgan fingerprint density at radius 2 is 1.90 bits per heavy atom. The first kappa shape index (κ1) is 21.6. The van der Waals surface area contributed by atoms with Crippen molar-refractivity contribution in [2.45, 2.75) is 13.0 Å². The number of hydrogen-bond acceptors (Lipinski definition) is 7. The van der Waals surface area contributed by atoms with Gasteiger partial charge in [0.05, 0.1) is 43.1 Å². The zero-order valence-corrected chi connectivity index (χ0v) is 17.1. The van der Waals surface area contributed by atoms with E-state index < -0.39 is 23.0 Å². The van der Waals surface area contributed by atoms with Gasteiger partial charge in [-0.2, -0.15) is 0 Å². The molecule has 0 radical (unpaired) electrons. The minimum atomic E-state index is -1.03. The largest absolute Gasteiger partial charge is 0.490 e. The van der Waals surface area contributed by atoms with Gasteiger partial charge >= 0.3 is 17.7 Å². The molecule has 162 valence electrons. The molecule has 1 aliphatic rings. The first-order chi connectivity index (χ1) is 14.9. The van der Waals surface area contributed by atoms with Crippen molar-refractivity contribution in [3.05, 3.63) is 69.3 Å². The molecule has 0 aliphatic carbocycles. The van der Waals surface area contributed by atoms with Crippen LogP contribution in [0.25, 0.3) is 5.70 Å². The predicted molar refractivity (Wildman–Crippen MR) is 111 cm³/mol. The standard InChI is InChI=1S/C21H21N3O7/c1-4-31-15-11-13(10-14(24(27)28)19(15)29-2)18-16(20(25)30-3)17(22-21(26)23-18)12-8-6-5-7-9-12/h5-11,18H,4H2,1-3H3,(H2,22,23,26). The van der Waals surface area contributed by atoms with Crippen LogP contribution in [-0.2, 0) is 9.53 Å². The average molecular weight is 427 g/mol. The number of carbonyl (C=O) groups is 2. The number of amides is 2. The molecule has 2 amide bonds. The summed E-state index contributed by atoms with van der Waals surface area (Å²) >= 11 is 0. The van der Waals surface area contributed by atoms with Gasteiger partial charge in [-0.3, -0.25) is 10.1 Å². The second kappa shape index (κ2) is 9.16. The maximum Gasteiger partial charge on any atom is 0.338 e. The van der Waals surface area contributed by atoms with E-state index in [2.05, 4.69) is 10.6 Å². The molecule has 1 aliphatic heterocycles. The minimum absolute atomic E-state index is 0.0530. The summed E-state index contributed by atoms with van der Waals surface area (Å²) in [5.74, 6) is -0.636. The third-order valence-corrected chi connectivity index (χ3v) is 4.63. The van der Waals surface area contributed by atoms with Gasteiger partial charge in [0.15, 0.2) is 5.75 Å². The molecule has 3 rings (SSSR count). The van der Waals surface area contributed by atoms with Crippen molar-refractivity contribution in [2.24, 2.45) is 0 Å². The van der Waals surface area contributed by atoms with Crippen LogP contribution in [0.5, 0.6) is 11.5 Å². The van der Waals surface area contributed by atoms with E-state index in [1.165, 1.54) is 26.4 Å². The van der Waals surface area contributed by atoms with Gasteiger partial charge in [-0.25, -0.2) is 9.59 Å². The van der Waals surface area contributed by atoms with Crippen LogP contribution in [0.2, 0.25) is 0 Å². The summed E-state index contributed by atoms with van der Waals surface area (Å²) in [6.07, 6.45) is 0. The van der Waals surface area contributed by atoms with E-state index in [0.717, 1.165) is 0 Å². The van der Waals surface area contributed by atoms with Crippen molar-refractivity contribution in [3.63, 3.8) is 0 Å². The number of rotatable bonds is 7. The Labute approximate surface area is 177 Å². The minimum Gasteiger partial charge on any atom is -0.490 e. The zero-order chi connectivity index (χ0) is 22.5. The molecular formula is C21H21N3O7. The van der Waals surface area contributed by atoms with Crippen molar-refractivity contribution in [3.8, 4) is 11.5 Å². The second-order valence-electron chi connectivity index (χ2n) is 6.44. The van der Waals surface area contributed by atoms with E-state index in [1.807, 2.05) is 0 Å². The van der Waals surface area contributed by atoms with Crippen molar-refractivity contribution < 1.29 is 28.7 Å². The molecule has 31 heavy (non-hydrogen) atoms. The number of urea groups is 1. The molecule has 1 unspecified atom stereocenters. The number of ether oxygens (including phenoxy) is 3.